The summed E-state index contributed by atoms with van der Waals surface area (Å²) in [6.07, 6.45) is 0. The van der Waals surface area contributed by atoms with Gasteiger partial charge in [0.2, 0.25) is 0 Å². The van der Waals surface area contributed by atoms with Crippen LogP contribution >= 0.6 is 22.9 Å². The number of anilines is 1. The Bertz CT molecular complexity index is 643. The second kappa shape index (κ2) is 5.60. The second-order valence-electron chi connectivity index (χ2n) is 4.41. The highest BCUT2D eigenvalue weighted by Gasteiger charge is 2.12. The minimum atomic E-state index is 0.127. The maximum absolute atomic E-state index is 8.92. The normalized spacial score (nSPS) is 11.9. The number of hydrogen-bond donors (Lipinski definition) is 1. The summed E-state index contributed by atoms with van der Waals surface area (Å²) in [4.78, 5) is 6.77. The van der Waals surface area contributed by atoms with E-state index in [-0.39, 0.29) is 6.04 Å². The lowest BCUT2D eigenvalue weighted by atomic mass is 10.1. The van der Waals surface area contributed by atoms with Crippen LogP contribution in [-0.2, 0) is 0 Å². The van der Waals surface area contributed by atoms with Gasteiger partial charge in [-0.3, -0.25) is 0 Å². The van der Waals surface area contributed by atoms with Crippen LogP contribution < -0.4 is 5.32 Å². The van der Waals surface area contributed by atoms with Gasteiger partial charge in [0.1, 0.15) is 11.0 Å². The fourth-order valence-electron chi connectivity index (χ4n) is 2.02. The number of halogens is 1. The molecule has 2 rings (SSSR count). The molecule has 1 atom stereocenters. The van der Waals surface area contributed by atoms with Crippen LogP contribution in [-0.4, -0.2) is 4.98 Å². The number of aryl methyl sites for hydroxylation is 2. The zero-order chi connectivity index (χ0) is 14.0. The van der Waals surface area contributed by atoms with E-state index < -0.39 is 0 Å². The number of nitrogens with one attached hydrogen (secondary N) is 1. The number of aromatic nitrogens is 1. The molecule has 3 nitrogen and oxygen atoms in total. The van der Waals surface area contributed by atoms with Crippen LogP contribution in [0.15, 0.2) is 18.2 Å². The number of nitriles is 1. The Kier molecular flexibility index (Phi) is 4.08. The molecule has 98 valence electrons. The third kappa shape index (κ3) is 3.25. The molecule has 0 saturated heterocycles. The molecule has 0 radical (unpaired) electrons. The Morgan fingerprint density at radius 3 is 2.68 bits per heavy atom. The Hall–Kier alpha value is -1.57. The molecule has 0 spiro atoms. The van der Waals surface area contributed by atoms with Gasteiger partial charge in [-0.05, 0) is 44.5 Å². The van der Waals surface area contributed by atoms with E-state index in [2.05, 4.69) is 43.2 Å². The molecular formula is C14H14ClN3S. The lowest BCUT2D eigenvalue weighted by Gasteiger charge is -2.15. The summed E-state index contributed by atoms with van der Waals surface area (Å²) in [5, 5.41) is 12.5. The van der Waals surface area contributed by atoms with Crippen LogP contribution in [0.4, 0.5) is 5.82 Å². The largest absolute Gasteiger partial charge is 0.363 e. The Morgan fingerprint density at radius 1 is 1.37 bits per heavy atom. The summed E-state index contributed by atoms with van der Waals surface area (Å²) in [5.74, 6) is 0.625. The second-order valence-corrected chi connectivity index (χ2v) is 6.26. The van der Waals surface area contributed by atoms with Gasteiger partial charge in [0, 0.05) is 9.75 Å². The van der Waals surface area contributed by atoms with Gasteiger partial charge in [-0.15, -0.1) is 11.3 Å². The summed E-state index contributed by atoms with van der Waals surface area (Å²) in [7, 11) is 0. The molecule has 0 bridgehead atoms. The quantitative estimate of drug-likeness (QED) is 0.850. The summed E-state index contributed by atoms with van der Waals surface area (Å²) in [6.45, 7) is 6.28. The van der Waals surface area contributed by atoms with Gasteiger partial charge in [0.25, 0.3) is 0 Å². The molecule has 2 aromatic rings. The molecule has 5 heteroatoms. The van der Waals surface area contributed by atoms with Crippen molar-refractivity contribution in [2.75, 3.05) is 5.32 Å². The molecule has 2 heterocycles. The predicted molar refractivity (Wildman–Crippen MR) is 79.8 cm³/mol. The molecule has 1 unspecified atom stereocenters. The average molecular weight is 292 g/mol. The highest BCUT2D eigenvalue weighted by atomic mass is 35.5. The highest BCUT2D eigenvalue weighted by molar-refractivity contribution is 7.12. The smallest absolute Gasteiger partial charge is 0.132 e. The monoisotopic (exact) mass is 291 g/mol. The van der Waals surface area contributed by atoms with Gasteiger partial charge in [0.05, 0.1) is 17.7 Å². The highest BCUT2D eigenvalue weighted by Crippen LogP contribution is 2.28. The maximum Gasteiger partial charge on any atom is 0.132 e. The SMILES string of the molecule is Cc1cc(C(C)Nc2cc(C#N)cc(Cl)n2)c(C)s1. The van der Waals surface area contributed by atoms with Crippen molar-refractivity contribution in [1.29, 1.82) is 5.26 Å². The van der Waals surface area contributed by atoms with Gasteiger partial charge < -0.3 is 5.32 Å². The fourth-order valence-corrected chi connectivity index (χ4v) is 3.25. The molecule has 19 heavy (non-hydrogen) atoms. The first-order valence-electron chi connectivity index (χ1n) is 5.90. The fraction of sp³-hybridized carbons (Fsp3) is 0.286. The van der Waals surface area contributed by atoms with Crippen molar-refractivity contribution < 1.29 is 0 Å². The van der Waals surface area contributed by atoms with Crippen LogP contribution in [0.2, 0.25) is 5.15 Å². The average Bonchev–Trinajstić information content (AvgIpc) is 2.67. The molecule has 0 aromatic carbocycles. The lowest BCUT2D eigenvalue weighted by Crippen LogP contribution is -2.08. The van der Waals surface area contributed by atoms with Gasteiger partial charge in [0.15, 0.2) is 0 Å². The van der Waals surface area contributed by atoms with E-state index >= 15 is 0 Å². The van der Waals surface area contributed by atoms with Crippen molar-refractivity contribution in [3.05, 3.63) is 44.2 Å². The molecule has 0 amide bonds. The first-order chi connectivity index (χ1) is 8.99. The standard InChI is InChI=1S/C14H14ClN3S/c1-8-4-12(10(3)19-8)9(2)17-14-6-11(7-16)5-13(15)18-14/h4-6,9H,1-3H3,(H,17,18). The molecular weight excluding hydrogens is 278 g/mol. The first kappa shape index (κ1) is 13.9. The number of nitrogens with zero attached hydrogens (tertiary/aromatic N) is 2. The van der Waals surface area contributed by atoms with Gasteiger partial charge >= 0.3 is 0 Å². The Morgan fingerprint density at radius 2 is 2.11 bits per heavy atom. The topological polar surface area (TPSA) is 48.7 Å². The van der Waals surface area contributed by atoms with E-state index in [9.17, 15) is 0 Å². The molecule has 1 N–H and O–H groups in total. The molecule has 0 fully saturated rings. The predicted octanol–water partition coefficient (Wildman–Crippen LogP) is 4.46. The van der Waals surface area contributed by atoms with Crippen molar-refractivity contribution in [1.82, 2.24) is 4.98 Å². The van der Waals surface area contributed by atoms with Crippen molar-refractivity contribution in [2.24, 2.45) is 0 Å². The Balaban J connectivity index is 2.24. The molecule has 0 aliphatic heterocycles. The Labute approximate surface area is 121 Å². The molecule has 0 aliphatic rings. The maximum atomic E-state index is 8.92. The zero-order valence-electron chi connectivity index (χ0n) is 11.0. The van der Waals surface area contributed by atoms with Crippen LogP contribution in [0.25, 0.3) is 0 Å². The number of pyridine rings is 1. The minimum Gasteiger partial charge on any atom is -0.363 e. The number of rotatable bonds is 3. The summed E-state index contributed by atoms with van der Waals surface area (Å²) in [5.41, 5.74) is 1.76. The van der Waals surface area contributed by atoms with Crippen molar-refractivity contribution in [2.45, 2.75) is 26.8 Å². The van der Waals surface area contributed by atoms with Gasteiger partial charge in [-0.1, -0.05) is 11.6 Å². The van der Waals surface area contributed by atoms with E-state index in [0.29, 0.717) is 16.5 Å². The van der Waals surface area contributed by atoms with Gasteiger partial charge in [-0.25, -0.2) is 4.98 Å². The van der Waals surface area contributed by atoms with Crippen molar-refractivity contribution >= 4 is 28.8 Å². The summed E-state index contributed by atoms with van der Waals surface area (Å²) >= 11 is 7.67. The van der Waals surface area contributed by atoms with Crippen LogP contribution in [0.5, 0.6) is 0 Å². The van der Waals surface area contributed by atoms with E-state index in [4.69, 9.17) is 16.9 Å². The molecule has 2 aromatic heterocycles. The van der Waals surface area contributed by atoms with Crippen molar-refractivity contribution in [3.63, 3.8) is 0 Å². The summed E-state index contributed by atoms with van der Waals surface area (Å²) in [6, 6.07) is 7.63. The third-order valence-corrected chi connectivity index (χ3v) is 4.01. The minimum absolute atomic E-state index is 0.127. The molecule has 0 saturated carbocycles. The van der Waals surface area contributed by atoms with E-state index in [0.717, 1.165) is 0 Å². The van der Waals surface area contributed by atoms with E-state index in [1.807, 2.05) is 0 Å². The first-order valence-corrected chi connectivity index (χ1v) is 7.10. The number of thiophene rings is 1. The molecule has 0 aliphatic carbocycles. The zero-order valence-corrected chi connectivity index (χ0v) is 12.6. The van der Waals surface area contributed by atoms with Crippen molar-refractivity contribution in [3.8, 4) is 6.07 Å². The van der Waals surface area contributed by atoms with Gasteiger partial charge in [-0.2, -0.15) is 5.26 Å². The summed E-state index contributed by atoms with van der Waals surface area (Å²) < 4.78 is 0. The lowest BCUT2D eigenvalue weighted by molar-refractivity contribution is 0.871. The van der Waals surface area contributed by atoms with E-state index in [1.165, 1.54) is 15.3 Å². The van der Waals surface area contributed by atoms with Crippen LogP contribution in [0, 0.1) is 25.2 Å². The van der Waals surface area contributed by atoms with E-state index in [1.54, 1.807) is 23.5 Å². The van der Waals surface area contributed by atoms with Crippen LogP contribution in [0.3, 0.4) is 0 Å². The number of hydrogen-bond acceptors (Lipinski definition) is 4. The van der Waals surface area contributed by atoms with Crippen LogP contribution in [0.1, 0.15) is 33.8 Å². The third-order valence-electron chi connectivity index (χ3n) is 2.83.